The molecule has 1 heterocycles. The molecule has 122 valence electrons. The van der Waals surface area contributed by atoms with Crippen LogP contribution >= 0.6 is 0 Å². The maximum Gasteiger partial charge on any atom is 0.220 e. The van der Waals surface area contributed by atoms with Crippen LogP contribution in [0.5, 0.6) is 0 Å². The van der Waals surface area contributed by atoms with E-state index in [2.05, 4.69) is 68.9 Å². The number of aromatic nitrogens is 1. The molecule has 0 saturated carbocycles. The minimum atomic E-state index is 1.18. The van der Waals surface area contributed by atoms with E-state index < -0.39 is 0 Å². The minimum absolute atomic E-state index is 1.18. The van der Waals surface area contributed by atoms with Crippen LogP contribution in [0.2, 0.25) is 0 Å². The molecule has 0 saturated heterocycles. The highest BCUT2D eigenvalue weighted by atomic mass is 14.9. The van der Waals surface area contributed by atoms with Crippen molar-refractivity contribution in [3.05, 3.63) is 64.3 Å². The third kappa shape index (κ3) is 2.43. The topological polar surface area (TPSA) is 3.88 Å². The van der Waals surface area contributed by atoms with Gasteiger partial charge < -0.3 is 0 Å². The fourth-order valence-corrected chi connectivity index (χ4v) is 4.25. The number of pyridine rings is 1. The predicted molar refractivity (Wildman–Crippen MR) is 101 cm³/mol. The van der Waals surface area contributed by atoms with Gasteiger partial charge in [0.15, 0.2) is 6.20 Å². The number of rotatable bonds is 0. The maximum absolute atomic E-state index is 2.44. The summed E-state index contributed by atoms with van der Waals surface area (Å²) in [5.74, 6) is 0. The van der Waals surface area contributed by atoms with Crippen LogP contribution < -0.4 is 4.57 Å². The number of nitrogens with zero attached hydrogens (tertiary/aromatic N) is 1. The highest BCUT2D eigenvalue weighted by Crippen LogP contribution is 2.34. The summed E-state index contributed by atoms with van der Waals surface area (Å²) in [5.41, 5.74) is 9.98. The lowest BCUT2D eigenvalue weighted by molar-refractivity contribution is -0.659. The maximum atomic E-state index is 2.44. The highest BCUT2D eigenvalue weighted by Gasteiger charge is 2.22. The van der Waals surface area contributed by atoms with Crippen LogP contribution in [0.3, 0.4) is 0 Å². The van der Waals surface area contributed by atoms with Crippen molar-refractivity contribution in [2.75, 3.05) is 0 Å². The number of benzene rings is 2. The first-order valence-corrected chi connectivity index (χ1v) is 9.07. The summed E-state index contributed by atoms with van der Waals surface area (Å²) in [6, 6.07) is 11.8. The molecule has 2 aromatic carbocycles. The summed E-state index contributed by atoms with van der Waals surface area (Å²) < 4.78 is 2.31. The lowest BCUT2D eigenvalue weighted by Gasteiger charge is -2.17. The van der Waals surface area contributed by atoms with Gasteiger partial charge >= 0.3 is 0 Å². The highest BCUT2D eigenvalue weighted by molar-refractivity contribution is 5.96. The third-order valence-corrected chi connectivity index (χ3v) is 5.61. The molecule has 1 nitrogen and oxygen atoms in total. The zero-order chi connectivity index (χ0) is 16.8. The number of aryl methyl sites for hydroxylation is 5. The molecule has 0 fully saturated rings. The van der Waals surface area contributed by atoms with Crippen molar-refractivity contribution in [3.8, 4) is 11.3 Å². The van der Waals surface area contributed by atoms with E-state index in [1.807, 2.05) is 0 Å². The van der Waals surface area contributed by atoms with Gasteiger partial charge in [-0.15, -0.1) is 0 Å². The molecule has 1 heteroatoms. The Morgan fingerprint density at radius 1 is 0.917 bits per heavy atom. The van der Waals surface area contributed by atoms with Crippen LogP contribution in [-0.4, -0.2) is 0 Å². The SMILES string of the molecule is Cc1cc2c3c([n+](C)ccc3c1)-c1cc(cc(C)c1C)CCCC2. The Morgan fingerprint density at radius 3 is 2.54 bits per heavy atom. The molecule has 1 aromatic heterocycles. The Bertz CT molecular complexity index is 950. The average molecular weight is 316 g/mol. The van der Waals surface area contributed by atoms with Crippen LogP contribution in [-0.2, 0) is 19.9 Å². The number of hydrogen-bond donors (Lipinski definition) is 0. The number of hydrogen-bond acceptors (Lipinski definition) is 0. The number of fused-ring (bicyclic) bond motifs is 3. The second-order valence-corrected chi connectivity index (χ2v) is 7.46. The van der Waals surface area contributed by atoms with Crippen molar-refractivity contribution in [2.45, 2.75) is 46.5 Å². The van der Waals surface area contributed by atoms with Crippen molar-refractivity contribution in [1.82, 2.24) is 0 Å². The summed E-state index contributed by atoms with van der Waals surface area (Å²) in [6.07, 6.45) is 7.12. The Morgan fingerprint density at radius 2 is 1.71 bits per heavy atom. The molecule has 4 rings (SSSR count). The van der Waals surface area contributed by atoms with E-state index in [9.17, 15) is 0 Å². The van der Waals surface area contributed by atoms with E-state index in [0.29, 0.717) is 0 Å². The first-order chi connectivity index (χ1) is 11.5. The molecular weight excluding hydrogens is 290 g/mol. The quantitative estimate of drug-likeness (QED) is 0.506. The Kier molecular flexibility index (Phi) is 3.68. The first kappa shape index (κ1) is 15.4. The molecule has 0 radical (unpaired) electrons. The van der Waals surface area contributed by atoms with Crippen molar-refractivity contribution in [1.29, 1.82) is 0 Å². The van der Waals surface area contributed by atoms with Crippen molar-refractivity contribution >= 4 is 10.8 Å². The van der Waals surface area contributed by atoms with Gasteiger partial charge in [0.25, 0.3) is 0 Å². The van der Waals surface area contributed by atoms with Gasteiger partial charge in [-0.1, -0.05) is 23.8 Å². The van der Waals surface area contributed by atoms with E-state index in [1.165, 1.54) is 75.5 Å². The van der Waals surface area contributed by atoms with E-state index in [1.54, 1.807) is 0 Å². The van der Waals surface area contributed by atoms with Gasteiger partial charge in [-0.25, -0.2) is 4.57 Å². The Labute approximate surface area is 145 Å². The second-order valence-electron chi connectivity index (χ2n) is 7.46. The molecule has 0 unspecified atom stereocenters. The van der Waals surface area contributed by atoms with Crippen molar-refractivity contribution in [3.63, 3.8) is 0 Å². The van der Waals surface area contributed by atoms with Crippen molar-refractivity contribution < 1.29 is 4.57 Å². The van der Waals surface area contributed by atoms with Gasteiger partial charge in [0, 0.05) is 6.07 Å². The molecule has 2 bridgehead atoms. The minimum Gasteiger partial charge on any atom is -0.200 e. The lowest BCUT2D eigenvalue weighted by atomic mass is 9.88. The van der Waals surface area contributed by atoms with Gasteiger partial charge in [0.2, 0.25) is 5.69 Å². The zero-order valence-electron chi connectivity index (χ0n) is 15.2. The van der Waals surface area contributed by atoms with Crippen molar-refractivity contribution in [2.24, 2.45) is 7.05 Å². The summed E-state index contributed by atoms with van der Waals surface area (Å²) in [4.78, 5) is 0. The van der Waals surface area contributed by atoms with Crippen LogP contribution in [0.4, 0.5) is 0 Å². The van der Waals surface area contributed by atoms with E-state index >= 15 is 0 Å². The van der Waals surface area contributed by atoms with E-state index in [-0.39, 0.29) is 0 Å². The molecule has 3 aromatic rings. The third-order valence-electron chi connectivity index (χ3n) is 5.61. The summed E-state index contributed by atoms with van der Waals surface area (Å²) in [7, 11) is 2.19. The lowest BCUT2D eigenvalue weighted by Crippen LogP contribution is -2.31. The molecule has 0 aliphatic heterocycles. The standard InChI is InChI=1S/C23H26N/c1-15-11-19-8-6-5-7-18-13-16(2)17(3)21(14-18)23-22(19)20(12-15)9-10-24(23)4/h9-14H,5-8H2,1-4H3/q+1. The Balaban J connectivity index is 2.18. The van der Waals surface area contributed by atoms with Crippen LogP contribution in [0.15, 0.2) is 36.5 Å². The molecule has 0 atom stereocenters. The summed E-state index contributed by atoms with van der Waals surface area (Å²) in [6.45, 7) is 6.74. The monoisotopic (exact) mass is 316 g/mol. The normalized spacial score (nSPS) is 14.0. The molecule has 1 aliphatic carbocycles. The molecule has 0 amide bonds. The predicted octanol–water partition coefficient (Wildman–Crippen LogP) is 5.14. The summed E-state index contributed by atoms with van der Waals surface area (Å²) >= 11 is 0. The van der Waals surface area contributed by atoms with Gasteiger partial charge in [0.05, 0.1) is 10.9 Å². The molecule has 24 heavy (non-hydrogen) atoms. The smallest absolute Gasteiger partial charge is 0.200 e. The fourth-order valence-electron chi connectivity index (χ4n) is 4.25. The second kappa shape index (κ2) is 5.73. The van der Waals surface area contributed by atoms with Gasteiger partial charge in [-0.05, 0) is 80.2 Å². The molecular formula is C23H26N+. The van der Waals surface area contributed by atoms with Gasteiger partial charge in [-0.3, -0.25) is 0 Å². The largest absolute Gasteiger partial charge is 0.220 e. The fraction of sp³-hybridized carbons (Fsp3) is 0.348. The van der Waals surface area contributed by atoms with Crippen LogP contribution in [0.25, 0.3) is 22.0 Å². The van der Waals surface area contributed by atoms with Crippen LogP contribution in [0, 0.1) is 20.8 Å². The summed E-state index contributed by atoms with van der Waals surface area (Å²) in [5, 5.41) is 2.83. The molecule has 1 aliphatic rings. The van der Waals surface area contributed by atoms with Crippen LogP contribution in [0.1, 0.15) is 40.7 Å². The van der Waals surface area contributed by atoms with Gasteiger partial charge in [0.1, 0.15) is 7.05 Å². The van der Waals surface area contributed by atoms with Gasteiger partial charge in [-0.2, -0.15) is 0 Å². The first-order valence-electron chi connectivity index (χ1n) is 9.07. The zero-order valence-corrected chi connectivity index (χ0v) is 15.2. The van der Waals surface area contributed by atoms with E-state index in [4.69, 9.17) is 0 Å². The average Bonchev–Trinajstić information content (AvgIpc) is 2.55. The Hall–Kier alpha value is -2.15. The molecule has 0 spiro atoms. The van der Waals surface area contributed by atoms with E-state index in [0.717, 1.165) is 0 Å². The molecule has 0 N–H and O–H groups in total.